The van der Waals surface area contributed by atoms with Crippen LogP contribution in [0.15, 0.2) is 35.3 Å². The molecule has 158 valence electrons. The molecule has 1 amide bonds. The van der Waals surface area contributed by atoms with Crippen molar-refractivity contribution in [3.8, 4) is 17.2 Å². The summed E-state index contributed by atoms with van der Waals surface area (Å²) in [4.78, 5) is 29.4. The van der Waals surface area contributed by atoms with Crippen LogP contribution in [0.25, 0.3) is 10.2 Å². The van der Waals surface area contributed by atoms with Crippen LogP contribution in [0.5, 0.6) is 17.2 Å². The van der Waals surface area contributed by atoms with Crippen molar-refractivity contribution in [3.05, 3.63) is 45.7 Å². The Kier molecular flexibility index (Phi) is 6.63. The van der Waals surface area contributed by atoms with Crippen LogP contribution in [0.1, 0.15) is 10.4 Å². The summed E-state index contributed by atoms with van der Waals surface area (Å²) in [6.07, 6.45) is 0. The van der Waals surface area contributed by atoms with Crippen LogP contribution < -0.4 is 19.0 Å². The number of rotatable bonds is 6. The molecule has 0 aliphatic heterocycles. The fourth-order valence-corrected chi connectivity index (χ4v) is 4.14. The van der Waals surface area contributed by atoms with Crippen LogP contribution in [0.2, 0.25) is 5.02 Å². The Hall–Kier alpha value is -3.04. The first kappa shape index (κ1) is 21.7. The highest BCUT2D eigenvalue weighted by molar-refractivity contribution is 7.16. The van der Waals surface area contributed by atoms with Crippen LogP contribution >= 0.6 is 22.9 Å². The zero-order valence-electron chi connectivity index (χ0n) is 16.7. The van der Waals surface area contributed by atoms with E-state index in [1.165, 1.54) is 51.9 Å². The maximum Gasteiger partial charge on any atom is 0.325 e. The highest BCUT2D eigenvalue weighted by atomic mass is 35.5. The highest BCUT2D eigenvalue weighted by Gasteiger charge is 2.18. The molecule has 0 bridgehead atoms. The van der Waals surface area contributed by atoms with Gasteiger partial charge in [0.25, 0.3) is 5.91 Å². The van der Waals surface area contributed by atoms with Gasteiger partial charge >= 0.3 is 5.97 Å². The van der Waals surface area contributed by atoms with E-state index in [9.17, 15) is 9.59 Å². The number of nitrogens with zero attached hydrogens (tertiary/aromatic N) is 2. The summed E-state index contributed by atoms with van der Waals surface area (Å²) in [6.45, 7) is -0.0977. The molecule has 0 aliphatic rings. The van der Waals surface area contributed by atoms with Gasteiger partial charge in [-0.25, -0.2) is 0 Å². The topological polar surface area (TPSA) is 88.4 Å². The lowest BCUT2D eigenvalue weighted by Crippen LogP contribution is -2.22. The number of methoxy groups -OCH3 is 4. The summed E-state index contributed by atoms with van der Waals surface area (Å²) >= 11 is 7.32. The third kappa shape index (κ3) is 4.27. The Morgan fingerprint density at radius 3 is 2.27 bits per heavy atom. The van der Waals surface area contributed by atoms with Crippen molar-refractivity contribution in [2.45, 2.75) is 6.54 Å². The van der Waals surface area contributed by atoms with E-state index in [0.29, 0.717) is 32.6 Å². The van der Waals surface area contributed by atoms with Crippen molar-refractivity contribution < 1.29 is 28.5 Å². The van der Waals surface area contributed by atoms with E-state index < -0.39 is 11.9 Å². The summed E-state index contributed by atoms with van der Waals surface area (Å²) in [5.41, 5.74) is 0.954. The largest absolute Gasteiger partial charge is 0.493 e. The lowest BCUT2D eigenvalue weighted by atomic mass is 10.1. The first-order chi connectivity index (χ1) is 14.4. The van der Waals surface area contributed by atoms with Gasteiger partial charge in [0.05, 0.1) is 38.7 Å². The number of ether oxygens (including phenoxy) is 4. The Bertz CT molecular complexity index is 1160. The molecular weight excluding hydrogens is 432 g/mol. The van der Waals surface area contributed by atoms with E-state index in [4.69, 9.17) is 30.5 Å². The minimum atomic E-state index is -0.537. The smallest absolute Gasteiger partial charge is 0.325 e. The second-order valence-electron chi connectivity index (χ2n) is 5.99. The van der Waals surface area contributed by atoms with E-state index in [2.05, 4.69) is 4.99 Å². The third-order valence-corrected chi connectivity index (χ3v) is 5.54. The average Bonchev–Trinajstić information content (AvgIpc) is 3.07. The van der Waals surface area contributed by atoms with Gasteiger partial charge in [-0.15, -0.1) is 0 Å². The number of carbonyl (C=O) groups excluding carboxylic acids is 2. The highest BCUT2D eigenvalue weighted by Crippen LogP contribution is 2.38. The number of amides is 1. The number of fused-ring (bicyclic) bond motifs is 1. The first-order valence-corrected chi connectivity index (χ1v) is 9.86. The fraction of sp³-hybridized carbons (Fsp3) is 0.250. The molecule has 0 radical (unpaired) electrons. The zero-order chi connectivity index (χ0) is 21.8. The van der Waals surface area contributed by atoms with Crippen molar-refractivity contribution in [2.24, 2.45) is 4.99 Å². The van der Waals surface area contributed by atoms with Crippen LogP contribution in [0.4, 0.5) is 0 Å². The van der Waals surface area contributed by atoms with E-state index in [1.807, 2.05) is 0 Å². The molecule has 0 N–H and O–H groups in total. The minimum absolute atomic E-state index is 0.0977. The molecule has 3 rings (SSSR count). The van der Waals surface area contributed by atoms with Crippen molar-refractivity contribution in [1.29, 1.82) is 0 Å². The summed E-state index contributed by atoms with van der Waals surface area (Å²) in [7, 11) is 5.70. The number of halogens is 1. The molecule has 0 unspecified atom stereocenters. The molecule has 0 aliphatic carbocycles. The van der Waals surface area contributed by atoms with Gasteiger partial charge in [-0.2, -0.15) is 4.99 Å². The van der Waals surface area contributed by atoms with Crippen molar-refractivity contribution >= 4 is 45.0 Å². The molecule has 0 fully saturated rings. The lowest BCUT2D eigenvalue weighted by Gasteiger charge is -2.12. The molecule has 0 spiro atoms. The summed E-state index contributed by atoms with van der Waals surface area (Å²) in [6, 6.07) is 8.25. The number of hydrogen-bond donors (Lipinski definition) is 0. The standard InChI is InChI=1S/C20H19ClN2O6S/c1-26-14-7-11(8-15(27-2)18(14)29-4)19(25)22-20-23(10-17(24)28-3)13-6-5-12(21)9-16(13)30-20/h5-9H,10H2,1-4H3. The Balaban J connectivity index is 2.15. The van der Waals surface area contributed by atoms with Gasteiger partial charge in [0.2, 0.25) is 5.75 Å². The van der Waals surface area contributed by atoms with Gasteiger partial charge in [0, 0.05) is 10.6 Å². The van der Waals surface area contributed by atoms with E-state index >= 15 is 0 Å². The van der Waals surface area contributed by atoms with Crippen molar-refractivity contribution in [3.63, 3.8) is 0 Å². The third-order valence-electron chi connectivity index (χ3n) is 4.27. The van der Waals surface area contributed by atoms with Crippen LogP contribution in [0.3, 0.4) is 0 Å². The molecule has 0 saturated heterocycles. The maximum atomic E-state index is 12.9. The summed E-state index contributed by atoms with van der Waals surface area (Å²) < 4.78 is 23.0. The molecule has 2 aromatic carbocycles. The average molecular weight is 451 g/mol. The van der Waals surface area contributed by atoms with E-state index in [1.54, 1.807) is 22.8 Å². The Morgan fingerprint density at radius 1 is 1.03 bits per heavy atom. The molecule has 1 aromatic heterocycles. The van der Waals surface area contributed by atoms with Gasteiger partial charge in [-0.1, -0.05) is 22.9 Å². The molecule has 8 nitrogen and oxygen atoms in total. The van der Waals surface area contributed by atoms with E-state index in [0.717, 1.165) is 4.70 Å². The fourth-order valence-electron chi connectivity index (χ4n) is 2.83. The molecule has 0 saturated carbocycles. The number of thiazole rings is 1. The first-order valence-electron chi connectivity index (χ1n) is 8.66. The number of benzene rings is 2. The molecule has 0 atom stereocenters. The predicted octanol–water partition coefficient (Wildman–Crippen LogP) is 3.30. The van der Waals surface area contributed by atoms with Gasteiger partial charge in [-0.3, -0.25) is 9.59 Å². The summed E-state index contributed by atoms with van der Waals surface area (Å²) in [5, 5.41) is 0.538. The van der Waals surface area contributed by atoms with Gasteiger partial charge in [0.1, 0.15) is 6.54 Å². The van der Waals surface area contributed by atoms with Crippen LogP contribution in [0, 0.1) is 0 Å². The molecular formula is C20H19ClN2O6S. The Morgan fingerprint density at radius 2 is 1.70 bits per heavy atom. The monoisotopic (exact) mass is 450 g/mol. The lowest BCUT2D eigenvalue weighted by molar-refractivity contribution is -0.141. The zero-order valence-corrected chi connectivity index (χ0v) is 18.3. The summed E-state index contributed by atoms with van der Waals surface area (Å²) in [5.74, 6) is 0.0348. The molecule has 10 heteroatoms. The van der Waals surface area contributed by atoms with Gasteiger partial charge in [0.15, 0.2) is 16.3 Å². The molecule has 1 heterocycles. The second kappa shape index (κ2) is 9.19. The number of esters is 1. The minimum Gasteiger partial charge on any atom is -0.493 e. The SMILES string of the molecule is COC(=O)Cn1c(=NC(=O)c2cc(OC)c(OC)c(OC)c2)sc2cc(Cl)ccc21. The van der Waals surface area contributed by atoms with Gasteiger partial charge < -0.3 is 23.5 Å². The van der Waals surface area contributed by atoms with Crippen LogP contribution in [-0.4, -0.2) is 44.9 Å². The normalized spacial score (nSPS) is 11.4. The van der Waals surface area contributed by atoms with Crippen molar-refractivity contribution in [1.82, 2.24) is 4.57 Å². The van der Waals surface area contributed by atoms with Gasteiger partial charge in [-0.05, 0) is 30.3 Å². The van der Waals surface area contributed by atoms with Crippen LogP contribution in [-0.2, 0) is 16.1 Å². The maximum absolute atomic E-state index is 12.9. The Labute approximate surface area is 181 Å². The number of aromatic nitrogens is 1. The second-order valence-corrected chi connectivity index (χ2v) is 7.44. The molecule has 3 aromatic rings. The number of carbonyl (C=O) groups is 2. The quantitative estimate of drug-likeness (QED) is 0.535. The van der Waals surface area contributed by atoms with Crippen molar-refractivity contribution in [2.75, 3.05) is 28.4 Å². The van der Waals surface area contributed by atoms with E-state index in [-0.39, 0.29) is 12.1 Å². The number of hydrogen-bond acceptors (Lipinski definition) is 7. The predicted molar refractivity (Wildman–Crippen MR) is 113 cm³/mol. The molecule has 30 heavy (non-hydrogen) atoms.